The first-order chi connectivity index (χ1) is 27.3. The van der Waals surface area contributed by atoms with Crippen molar-refractivity contribution >= 4 is 88.1 Å². The first-order valence-electron chi connectivity index (χ1n) is 18.8. The summed E-state index contributed by atoms with van der Waals surface area (Å²) >= 11 is -3.71. The van der Waals surface area contributed by atoms with Gasteiger partial charge in [0.25, 0.3) is 0 Å². The van der Waals surface area contributed by atoms with Crippen molar-refractivity contribution in [1.82, 2.24) is 0 Å². The van der Waals surface area contributed by atoms with Crippen molar-refractivity contribution in [2.24, 2.45) is 0 Å². The van der Waals surface area contributed by atoms with Gasteiger partial charge in [0.2, 0.25) is 0 Å². The molecule has 55 heavy (non-hydrogen) atoms. The molecule has 5 nitrogen and oxygen atoms in total. The summed E-state index contributed by atoms with van der Waals surface area (Å²) in [6.07, 6.45) is 0. The maximum absolute atomic E-state index is 6.83. The van der Waals surface area contributed by atoms with E-state index in [0.717, 1.165) is 62.3 Å². The van der Waals surface area contributed by atoms with Crippen LogP contribution >= 0.6 is 0 Å². The van der Waals surface area contributed by atoms with Crippen molar-refractivity contribution in [2.75, 3.05) is 9.80 Å². The molecule has 0 radical (unpaired) electrons. The van der Waals surface area contributed by atoms with Crippen molar-refractivity contribution in [3.63, 3.8) is 0 Å². The molecule has 0 aliphatic carbocycles. The molecule has 256 valence electrons. The molecule has 8 aromatic carbocycles. The molecule has 5 aliphatic rings. The zero-order valence-electron chi connectivity index (χ0n) is 29.4. The van der Waals surface area contributed by atoms with Crippen molar-refractivity contribution in [2.45, 2.75) is 0 Å². The first-order valence-corrected chi connectivity index (χ1v) is 23.0. The van der Waals surface area contributed by atoms with Gasteiger partial charge in [0, 0.05) is 0 Å². The predicted molar refractivity (Wildman–Crippen MR) is 224 cm³/mol. The van der Waals surface area contributed by atoms with E-state index < -0.39 is 13.3 Å². The zero-order valence-corrected chi connectivity index (χ0v) is 31.5. The average Bonchev–Trinajstić information content (AvgIpc) is 3.24. The van der Waals surface area contributed by atoms with Gasteiger partial charge in [-0.15, -0.1) is 0 Å². The predicted octanol–water partition coefficient (Wildman–Crippen LogP) is 7.46. The van der Waals surface area contributed by atoms with E-state index in [1.807, 2.05) is 24.3 Å². The van der Waals surface area contributed by atoms with E-state index in [9.17, 15) is 0 Å². The van der Waals surface area contributed by atoms with Gasteiger partial charge in [-0.1, -0.05) is 0 Å². The third-order valence-electron chi connectivity index (χ3n) is 12.1. The van der Waals surface area contributed by atoms with Crippen LogP contribution in [0.1, 0.15) is 0 Å². The molecule has 7 heteroatoms. The van der Waals surface area contributed by atoms with E-state index in [4.69, 9.17) is 14.2 Å². The number of para-hydroxylation sites is 5. The van der Waals surface area contributed by atoms with Crippen molar-refractivity contribution in [3.05, 3.63) is 176 Å². The van der Waals surface area contributed by atoms with E-state index in [-0.39, 0.29) is 6.71 Å². The maximum atomic E-state index is 6.83. The van der Waals surface area contributed by atoms with E-state index in [2.05, 4.69) is 161 Å². The summed E-state index contributed by atoms with van der Waals surface area (Å²) in [7, 11) is 0. The number of hydrogen-bond acceptors (Lipinski definition) is 5. The van der Waals surface area contributed by atoms with Gasteiger partial charge < -0.3 is 0 Å². The fourth-order valence-corrected chi connectivity index (χ4v) is 21.6. The molecule has 0 amide bonds. The van der Waals surface area contributed by atoms with Gasteiger partial charge in [-0.3, -0.25) is 0 Å². The molecule has 5 heterocycles. The quantitative estimate of drug-likeness (QED) is 0.171. The standard InChI is InChI=1S/C48H29BGeN2O3/c1-2-14-30(15-3-1)51-36-20-8-4-16-32(36)50(33-17-5-9-21-37(33)51)34-18-6-10-22-38(34)52(39-23-11-7-19-35(39)50)31-28-44-48-45(29-31)55-43-27-13-25-41-47(43)49(48)46-40(53-41)24-12-26-42(46)54-44/h1-29H. The van der Waals surface area contributed by atoms with E-state index >= 15 is 0 Å². The van der Waals surface area contributed by atoms with Crippen molar-refractivity contribution < 1.29 is 14.2 Å². The Balaban J connectivity index is 1.07. The molecule has 0 atom stereocenters. The average molecular weight is 765 g/mol. The summed E-state index contributed by atoms with van der Waals surface area (Å²) in [6, 6.07) is 63.9. The number of rotatable bonds is 2. The summed E-state index contributed by atoms with van der Waals surface area (Å²) in [5.74, 6) is 4.95. The van der Waals surface area contributed by atoms with Crippen LogP contribution in [0.15, 0.2) is 176 Å². The van der Waals surface area contributed by atoms with Crippen LogP contribution in [0.3, 0.4) is 0 Å². The Labute approximate surface area is 321 Å². The van der Waals surface area contributed by atoms with Gasteiger partial charge in [-0.25, -0.2) is 0 Å². The molecular weight excluding hydrogens is 736 g/mol. The number of hydrogen-bond donors (Lipinski definition) is 0. The number of ether oxygens (including phenoxy) is 3. The molecule has 0 aromatic heterocycles. The second kappa shape index (κ2) is 10.7. The minimum absolute atomic E-state index is 0.0327. The summed E-state index contributed by atoms with van der Waals surface area (Å²) in [5, 5.41) is 0. The van der Waals surface area contributed by atoms with Gasteiger partial charge in [0.15, 0.2) is 0 Å². The topological polar surface area (TPSA) is 34.2 Å². The number of nitrogens with zero attached hydrogens (tertiary/aromatic N) is 2. The van der Waals surface area contributed by atoms with Gasteiger partial charge in [0.05, 0.1) is 0 Å². The molecule has 1 spiro atoms. The SMILES string of the molecule is c1ccc(N2c3cccc[c]3[Ge]3([c]4ccccc42)[c]2ccccc2N(c2cc4c5c(c2)Oc2cccc6c2B5c2c(cccc2O4)O6)c2cccc[c]23)cc1. The van der Waals surface area contributed by atoms with Gasteiger partial charge in [0.1, 0.15) is 0 Å². The van der Waals surface area contributed by atoms with Crippen LogP contribution in [0.4, 0.5) is 34.1 Å². The van der Waals surface area contributed by atoms with Crippen LogP contribution in [0.5, 0.6) is 34.5 Å². The Morgan fingerprint density at radius 3 is 1.11 bits per heavy atom. The molecule has 0 saturated heterocycles. The summed E-state index contributed by atoms with van der Waals surface area (Å²) in [4.78, 5) is 4.91. The summed E-state index contributed by atoms with van der Waals surface area (Å²) in [6.45, 7) is -0.0327. The Morgan fingerprint density at radius 1 is 0.327 bits per heavy atom. The van der Waals surface area contributed by atoms with E-state index in [1.165, 1.54) is 40.3 Å². The fourth-order valence-electron chi connectivity index (χ4n) is 10.1. The molecular formula is C48H29BGeN2O3. The molecule has 0 bridgehead atoms. The van der Waals surface area contributed by atoms with Gasteiger partial charge >= 0.3 is 323 Å². The van der Waals surface area contributed by atoms with Crippen LogP contribution in [-0.2, 0) is 0 Å². The third-order valence-corrected chi connectivity index (χ3v) is 22.5. The van der Waals surface area contributed by atoms with Crippen LogP contribution in [0.25, 0.3) is 0 Å². The van der Waals surface area contributed by atoms with Crippen LogP contribution in [0.2, 0.25) is 0 Å². The molecule has 0 unspecified atom stereocenters. The second-order valence-corrected chi connectivity index (χ2v) is 22.4. The van der Waals surface area contributed by atoms with Crippen LogP contribution in [-0.4, -0.2) is 20.0 Å². The zero-order chi connectivity index (χ0) is 35.8. The number of anilines is 6. The Hall–Kier alpha value is -6.63. The van der Waals surface area contributed by atoms with Crippen LogP contribution < -0.4 is 58.0 Å². The fraction of sp³-hybridized carbons (Fsp3) is 0. The Bertz CT molecular complexity index is 2790. The minimum atomic E-state index is -3.71. The monoisotopic (exact) mass is 766 g/mol. The van der Waals surface area contributed by atoms with E-state index in [1.54, 1.807) is 0 Å². The van der Waals surface area contributed by atoms with Crippen molar-refractivity contribution in [3.8, 4) is 34.5 Å². The van der Waals surface area contributed by atoms with Gasteiger partial charge in [-0.2, -0.15) is 0 Å². The molecule has 0 saturated carbocycles. The molecule has 0 N–H and O–H groups in total. The van der Waals surface area contributed by atoms with Gasteiger partial charge in [-0.05, 0) is 0 Å². The molecule has 8 aromatic rings. The number of benzene rings is 8. The molecule has 13 rings (SSSR count). The van der Waals surface area contributed by atoms with E-state index in [0.29, 0.717) is 0 Å². The number of fused-ring (bicyclic) bond motifs is 8. The summed E-state index contributed by atoms with van der Waals surface area (Å²) in [5.41, 5.74) is 10.2. The Kier molecular flexibility index (Phi) is 5.82. The summed E-state index contributed by atoms with van der Waals surface area (Å²) < 4.78 is 25.7. The normalized spacial score (nSPS) is 15.0. The Morgan fingerprint density at radius 2 is 0.673 bits per heavy atom. The van der Waals surface area contributed by atoms with Crippen molar-refractivity contribution in [1.29, 1.82) is 0 Å². The third kappa shape index (κ3) is 3.74. The second-order valence-electron chi connectivity index (χ2n) is 14.8. The molecule has 5 aliphatic heterocycles. The molecule has 0 fully saturated rings. The first kappa shape index (κ1) is 29.8. The van der Waals surface area contributed by atoms with Crippen LogP contribution in [0, 0.1) is 0 Å².